The molecule has 0 amide bonds. The van der Waals surface area contributed by atoms with Gasteiger partial charge in [-0.1, -0.05) is 34.6 Å². The fourth-order valence-corrected chi connectivity index (χ4v) is 3.41. The first-order valence-electron chi connectivity index (χ1n) is 8.02. The van der Waals surface area contributed by atoms with E-state index in [1.54, 1.807) is 0 Å². The molecule has 2 nitrogen and oxygen atoms in total. The summed E-state index contributed by atoms with van der Waals surface area (Å²) in [6.07, 6.45) is 4.19. The first kappa shape index (κ1) is 16.0. The molecule has 0 spiro atoms. The molecule has 0 heterocycles. The normalized spacial score (nSPS) is 29.2. The molecule has 1 rings (SSSR count). The van der Waals surface area contributed by atoms with E-state index in [0.717, 1.165) is 30.3 Å². The molecule has 1 saturated carbocycles. The average molecular weight is 254 g/mol. The Kier molecular flexibility index (Phi) is 7.25. The first-order valence-corrected chi connectivity index (χ1v) is 8.02. The smallest absolute Gasteiger partial charge is 0.0108 e. The molecular weight excluding hydrogens is 220 g/mol. The summed E-state index contributed by atoms with van der Waals surface area (Å²) in [4.78, 5) is 2.65. The molecule has 1 aliphatic rings. The minimum atomic E-state index is 0.757. The Morgan fingerprint density at radius 2 is 1.94 bits per heavy atom. The molecule has 0 bridgehead atoms. The van der Waals surface area contributed by atoms with Crippen LogP contribution in [0.4, 0.5) is 0 Å². The van der Waals surface area contributed by atoms with E-state index in [0.29, 0.717) is 0 Å². The standard InChI is InChI=1S/C16H34N2/c1-6-17-16-9-8-14(5)10-15(16)12-18(7-2)11-13(3)4/h13-17H,6-12H2,1-5H3. The number of nitrogens with zero attached hydrogens (tertiary/aromatic N) is 1. The van der Waals surface area contributed by atoms with Crippen LogP contribution in [0.15, 0.2) is 0 Å². The zero-order valence-electron chi connectivity index (χ0n) is 13.2. The van der Waals surface area contributed by atoms with Crippen LogP contribution in [0.3, 0.4) is 0 Å². The van der Waals surface area contributed by atoms with Gasteiger partial charge in [0.2, 0.25) is 0 Å². The second-order valence-corrected chi connectivity index (χ2v) is 6.59. The molecule has 108 valence electrons. The predicted molar refractivity (Wildman–Crippen MR) is 80.9 cm³/mol. The second-order valence-electron chi connectivity index (χ2n) is 6.59. The highest BCUT2D eigenvalue weighted by Gasteiger charge is 2.29. The average Bonchev–Trinajstić information content (AvgIpc) is 2.31. The van der Waals surface area contributed by atoms with Crippen molar-refractivity contribution in [2.45, 2.75) is 59.9 Å². The topological polar surface area (TPSA) is 15.3 Å². The lowest BCUT2D eigenvalue weighted by molar-refractivity contribution is 0.140. The molecule has 3 atom stereocenters. The summed E-state index contributed by atoms with van der Waals surface area (Å²) in [6.45, 7) is 16.5. The van der Waals surface area contributed by atoms with E-state index in [9.17, 15) is 0 Å². The maximum absolute atomic E-state index is 3.71. The van der Waals surface area contributed by atoms with Crippen LogP contribution in [0.25, 0.3) is 0 Å². The first-order chi connectivity index (χ1) is 8.56. The number of hydrogen-bond acceptors (Lipinski definition) is 2. The lowest BCUT2D eigenvalue weighted by Gasteiger charge is -2.38. The summed E-state index contributed by atoms with van der Waals surface area (Å²) < 4.78 is 0. The summed E-state index contributed by atoms with van der Waals surface area (Å²) in [6, 6.07) is 0.757. The summed E-state index contributed by atoms with van der Waals surface area (Å²) in [5.74, 6) is 2.55. The van der Waals surface area contributed by atoms with Crippen molar-refractivity contribution < 1.29 is 0 Å². The van der Waals surface area contributed by atoms with E-state index in [1.165, 1.54) is 38.9 Å². The predicted octanol–water partition coefficient (Wildman–Crippen LogP) is 3.38. The van der Waals surface area contributed by atoms with Crippen molar-refractivity contribution in [3.8, 4) is 0 Å². The molecule has 0 saturated heterocycles. The van der Waals surface area contributed by atoms with Crippen molar-refractivity contribution in [2.75, 3.05) is 26.2 Å². The third kappa shape index (κ3) is 5.27. The van der Waals surface area contributed by atoms with E-state index >= 15 is 0 Å². The fourth-order valence-electron chi connectivity index (χ4n) is 3.41. The van der Waals surface area contributed by atoms with E-state index in [1.807, 2.05) is 0 Å². The van der Waals surface area contributed by atoms with Crippen LogP contribution >= 0.6 is 0 Å². The van der Waals surface area contributed by atoms with Crippen LogP contribution in [0.1, 0.15) is 53.9 Å². The van der Waals surface area contributed by atoms with E-state index in [2.05, 4.69) is 44.8 Å². The van der Waals surface area contributed by atoms with E-state index in [-0.39, 0.29) is 0 Å². The summed E-state index contributed by atoms with van der Waals surface area (Å²) in [5, 5.41) is 3.71. The minimum absolute atomic E-state index is 0.757. The van der Waals surface area contributed by atoms with Crippen molar-refractivity contribution in [2.24, 2.45) is 17.8 Å². The molecule has 0 radical (unpaired) electrons. The summed E-state index contributed by atoms with van der Waals surface area (Å²) in [7, 11) is 0. The molecule has 1 fully saturated rings. The Morgan fingerprint density at radius 1 is 1.22 bits per heavy atom. The number of nitrogens with one attached hydrogen (secondary N) is 1. The molecular formula is C16H34N2. The Hall–Kier alpha value is -0.0800. The second kappa shape index (κ2) is 8.16. The van der Waals surface area contributed by atoms with Crippen LogP contribution in [0, 0.1) is 17.8 Å². The lowest BCUT2D eigenvalue weighted by atomic mass is 9.78. The maximum atomic E-state index is 3.71. The molecule has 0 aromatic carbocycles. The van der Waals surface area contributed by atoms with Gasteiger partial charge in [-0.2, -0.15) is 0 Å². The van der Waals surface area contributed by atoms with Crippen molar-refractivity contribution in [3.63, 3.8) is 0 Å². The van der Waals surface area contributed by atoms with Gasteiger partial charge in [0, 0.05) is 19.1 Å². The number of rotatable bonds is 7. The van der Waals surface area contributed by atoms with Gasteiger partial charge in [-0.25, -0.2) is 0 Å². The highest BCUT2D eigenvalue weighted by Crippen LogP contribution is 2.29. The monoisotopic (exact) mass is 254 g/mol. The van der Waals surface area contributed by atoms with Crippen LogP contribution in [0.5, 0.6) is 0 Å². The van der Waals surface area contributed by atoms with Crippen molar-refractivity contribution in [1.29, 1.82) is 0 Å². The lowest BCUT2D eigenvalue weighted by Crippen LogP contribution is -2.46. The number of hydrogen-bond donors (Lipinski definition) is 1. The van der Waals surface area contributed by atoms with Crippen LogP contribution in [-0.4, -0.2) is 37.1 Å². The van der Waals surface area contributed by atoms with Crippen molar-refractivity contribution in [3.05, 3.63) is 0 Å². The fraction of sp³-hybridized carbons (Fsp3) is 1.00. The zero-order valence-corrected chi connectivity index (χ0v) is 13.2. The molecule has 0 aromatic rings. The van der Waals surface area contributed by atoms with Crippen LogP contribution in [-0.2, 0) is 0 Å². The summed E-state index contributed by atoms with van der Waals surface area (Å²) in [5.41, 5.74) is 0. The Labute approximate surface area is 115 Å². The van der Waals surface area contributed by atoms with Gasteiger partial charge in [-0.15, -0.1) is 0 Å². The highest BCUT2D eigenvalue weighted by molar-refractivity contribution is 4.85. The van der Waals surface area contributed by atoms with Gasteiger partial charge in [0.1, 0.15) is 0 Å². The molecule has 3 unspecified atom stereocenters. The van der Waals surface area contributed by atoms with E-state index in [4.69, 9.17) is 0 Å². The van der Waals surface area contributed by atoms with Crippen LogP contribution < -0.4 is 5.32 Å². The van der Waals surface area contributed by atoms with Gasteiger partial charge < -0.3 is 10.2 Å². The van der Waals surface area contributed by atoms with Gasteiger partial charge in [0.05, 0.1) is 0 Å². The van der Waals surface area contributed by atoms with E-state index < -0.39 is 0 Å². The van der Waals surface area contributed by atoms with Gasteiger partial charge >= 0.3 is 0 Å². The largest absolute Gasteiger partial charge is 0.314 e. The van der Waals surface area contributed by atoms with Gasteiger partial charge in [0.15, 0.2) is 0 Å². The minimum Gasteiger partial charge on any atom is -0.314 e. The van der Waals surface area contributed by atoms with Gasteiger partial charge in [-0.3, -0.25) is 0 Å². The Bertz CT molecular complexity index is 215. The van der Waals surface area contributed by atoms with Gasteiger partial charge in [-0.05, 0) is 50.1 Å². The highest BCUT2D eigenvalue weighted by atomic mass is 15.1. The van der Waals surface area contributed by atoms with Crippen molar-refractivity contribution in [1.82, 2.24) is 10.2 Å². The molecule has 1 aliphatic carbocycles. The maximum Gasteiger partial charge on any atom is 0.0108 e. The molecule has 0 aliphatic heterocycles. The summed E-state index contributed by atoms with van der Waals surface area (Å²) >= 11 is 0. The Morgan fingerprint density at radius 3 is 2.50 bits per heavy atom. The van der Waals surface area contributed by atoms with Crippen LogP contribution in [0.2, 0.25) is 0 Å². The van der Waals surface area contributed by atoms with Crippen molar-refractivity contribution >= 4 is 0 Å². The molecule has 2 heteroatoms. The molecule has 18 heavy (non-hydrogen) atoms. The molecule has 1 N–H and O–H groups in total. The zero-order chi connectivity index (χ0) is 13.5. The third-order valence-corrected chi connectivity index (χ3v) is 4.27. The third-order valence-electron chi connectivity index (χ3n) is 4.27. The SMILES string of the molecule is CCNC1CCC(C)CC1CN(CC)CC(C)C. The van der Waals surface area contributed by atoms with Gasteiger partial charge in [0.25, 0.3) is 0 Å². The molecule has 0 aromatic heterocycles. The quantitative estimate of drug-likeness (QED) is 0.749. The Balaban J connectivity index is 2.52.